The lowest BCUT2D eigenvalue weighted by Crippen LogP contribution is -2.53. The summed E-state index contributed by atoms with van der Waals surface area (Å²) in [6.45, 7) is 14.2. The van der Waals surface area contributed by atoms with Crippen molar-refractivity contribution in [1.29, 1.82) is 0 Å². The Labute approximate surface area is 101 Å². The van der Waals surface area contributed by atoms with E-state index in [2.05, 4.69) is 43.8 Å². The Kier molecular flexibility index (Phi) is 4.02. The highest BCUT2D eigenvalue weighted by Crippen LogP contribution is 2.25. The Morgan fingerprint density at radius 3 is 2.19 bits per heavy atom. The topological polar surface area (TPSA) is 29.5 Å². The lowest BCUT2D eigenvalue weighted by Gasteiger charge is -2.35. The van der Waals surface area contributed by atoms with Crippen LogP contribution >= 0.6 is 0 Å². The molecule has 1 fully saturated rings. The Hall–Kier alpha value is -0.136. The molecule has 0 aromatic rings. The molecule has 0 N–H and O–H groups in total. The standard InChI is InChI=1S/C11H25NO2Si2/c1-15(2,3)12-9-7-8-10(12)11(13)14-16(4,5)6/h10H,7-9H2,1-6H3/t10-/m0/s1. The molecule has 94 valence electrons. The second kappa shape index (κ2) is 4.62. The van der Waals surface area contributed by atoms with E-state index in [1.807, 2.05) is 0 Å². The van der Waals surface area contributed by atoms with Gasteiger partial charge in [-0.25, -0.2) is 0 Å². The molecule has 0 spiro atoms. The van der Waals surface area contributed by atoms with Crippen LogP contribution in [0.25, 0.3) is 0 Å². The van der Waals surface area contributed by atoms with Crippen molar-refractivity contribution < 1.29 is 9.22 Å². The highest BCUT2D eigenvalue weighted by Gasteiger charge is 2.40. The summed E-state index contributed by atoms with van der Waals surface area (Å²) in [5.74, 6) is 0.0269. The van der Waals surface area contributed by atoms with Gasteiger partial charge >= 0.3 is 5.97 Å². The van der Waals surface area contributed by atoms with Gasteiger partial charge in [-0.2, -0.15) is 0 Å². The average Bonchev–Trinajstić information content (AvgIpc) is 2.45. The van der Waals surface area contributed by atoms with Crippen molar-refractivity contribution in [3.8, 4) is 0 Å². The molecule has 0 unspecified atom stereocenters. The van der Waals surface area contributed by atoms with Crippen molar-refractivity contribution in [3.05, 3.63) is 0 Å². The second-order valence-electron chi connectivity index (χ2n) is 6.56. The summed E-state index contributed by atoms with van der Waals surface area (Å²) in [4.78, 5) is 12.1. The molecule has 3 nitrogen and oxygen atoms in total. The minimum atomic E-state index is -1.74. The lowest BCUT2D eigenvalue weighted by atomic mass is 10.2. The van der Waals surface area contributed by atoms with Gasteiger partial charge in [-0.15, -0.1) is 0 Å². The van der Waals surface area contributed by atoms with Crippen LogP contribution in [0.5, 0.6) is 0 Å². The van der Waals surface area contributed by atoms with Gasteiger partial charge in [0.05, 0.1) is 0 Å². The molecule has 0 aromatic carbocycles. The van der Waals surface area contributed by atoms with E-state index in [1.165, 1.54) is 0 Å². The number of hydrogen-bond donors (Lipinski definition) is 0. The molecule has 1 rings (SSSR count). The summed E-state index contributed by atoms with van der Waals surface area (Å²) >= 11 is 0. The third-order valence-corrected chi connectivity index (χ3v) is 5.87. The Morgan fingerprint density at radius 2 is 1.75 bits per heavy atom. The van der Waals surface area contributed by atoms with Crippen molar-refractivity contribution in [2.75, 3.05) is 6.54 Å². The van der Waals surface area contributed by atoms with Gasteiger partial charge in [-0.3, -0.25) is 4.79 Å². The van der Waals surface area contributed by atoms with Crippen LogP contribution in [0, 0.1) is 0 Å². The highest BCUT2D eigenvalue weighted by atomic mass is 28.4. The Morgan fingerprint density at radius 1 is 1.19 bits per heavy atom. The molecule has 1 saturated heterocycles. The summed E-state index contributed by atoms with van der Waals surface area (Å²) in [5.41, 5.74) is 0. The maximum atomic E-state index is 12.1. The summed E-state index contributed by atoms with van der Waals surface area (Å²) in [6.07, 6.45) is 2.11. The number of nitrogens with zero attached hydrogens (tertiary/aromatic N) is 1. The van der Waals surface area contributed by atoms with Gasteiger partial charge in [0.1, 0.15) is 14.3 Å². The van der Waals surface area contributed by atoms with E-state index in [0.29, 0.717) is 0 Å². The molecule has 1 aliphatic rings. The third kappa shape index (κ3) is 3.71. The monoisotopic (exact) mass is 259 g/mol. The molecule has 0 amide bonds. The van der Waals surface area contributed by atoms with Crippen molar-refractivity contribution in [1.82, 2.24) is 4.57 Å². The van der Waals surface area contributed by atoms with Crippen LogP contribution in [0.2, 0.25) is 39.3 Å². The first-order valence-corrected chi connectivity index (χ1v) is 13.0. The molecular formula is C11H25NO2Si2. The highest BCUT2D eigenvalue weighted by molar-refractivity contribution is 6.74. The Balaban J connectivity index is 2.69. The fourth-order valence-corrected chi connectivity index (χ4v) is 4.92. The zero-order valence-corrected chi connectivity index (χ0v) is 13.5. The molecule has 1 atom stereocenters. The van der Waals surface area contributed by atoms with Crippen LogP contribution in [-0.2, 0) is 9.22 Å². The molecule has 1 aliphatic heterocycles. The number of hydrogen-bond acceptors (Lipinski definition) is 3. The number of carbonyl (C=O) groups is 1. The molecule has 1 heterocycles. The van der Waals surface area contributed by atoms with Gasteiger partial charge in [0.15, 0.2) is 0 Å². The van der Waals surface area contributed by atoms with Crippen LogP contribution in [0.3, 0.4) is 0 Å². The van der Waals surface area contributed by atoms with Gasteiger partial charge in [0.2, 0.25) is 8.32 Å². The fourth-order valence-electron chi connectivity index (χ4n) is 2.18. The van der Waals surface area contributed by atoms with Crippen molar-refractivity contribution in [3.63, 3.8) is 0 Å². The summed E-state index contributed by atoms with van der Waals surface area (Å²) in [5, 5.41) is 0. The van der Waals surface area contributed by atoms with Gasteiger partial charge in [-0.05, 0) is 39.0 Å². The number of rotatable bonds is 3. The molecule has 0 bridgehead atoms. The fraction of sp³-hybridized carbons (Fsp3) is 0.909. The van der Waals surface area contributed by atoms with Crippen molar-refractivity contribution >= 4 is 22.5 Å². The zero-order chi connectivity index (χ0) is 12.6. The second-order valence-corrected chi connectivity index (χ2v) is 15.9. The smallest absolute Gasteiger partial charge is 0.309 e. The first-order valence-electron chi connectivity index (χ1n) is 6.11. The number of carbonyl (C=O) groups excluding carboxylic acids is 1. The van der Waals surface area contributed by atoms with Crippen LogP contribution < -0.4 is 0 Å². The predicted molar refractivity (Wildman–Crippen MR) is 72.5 cm³/mol. The zero-order valence-electron chi connectivity index (χ0n) is 11.5. The van der Waals surface area contributed by atoms with E-state index < -0.39 is 16.6 Å². The van der Waals surface area contributed by atoms with Crippen molar-refractivity contribution in [2.24, 2.45) is 0 Å². The van der Waals surface area contributed by atoms with E-state index in [1.54, 1.807) is 0 Å². The lowest BCUT2D eigenvalue weighted by molar-refractivity contribution is -0.138. The predicted octanol–water partition coefficient (Wildman–Crippen LogP) is 2.66. The van der Waals surface area contributed by atoms with Crippen molar-refractivity contribution in [2.45, 2.75) is 58.2 Å². The van der Waals surface area contributed by atoms with E-state index in [-0.39, 0.29) is 12.0 Å². The molecule has 0 saturated carbocycles. The normalized spacial score (nSPS) is 23.5. The van der Waals surface area contributed by atoms with Crippen LogP contribution in [-0.4, -0.2) is 39.7 Å². The largest absolute Gasteiger partial charge is 0.519 e. The molecule has 16 heavy (non-hydrogen) atoms. The summed E-state index contributed by atoms with van der Waals surface area (Å²) in [7, 11) is -3.11. The maximum Gasteiger partial charge on any atom is 0.309 e. The SMILES string of the molecule is C[Si](C)(C)OC(=O)[C@@H]1CCCN1[Si](C)(C)C. The van der Waals surface area contributed by atoms with E-state index >= 15 is 0 Å². The van der Waals surface area contributed by atoms with Gasteiger partial charge < -0.3 is 8.99 Å². The quantitative estimate of drug-likeness (QED) is 0.730. The third-order valence-electron chi connectivity index (χ3n) is 2.79. The van der Waals surface area contributed by atoms with Gasteiger partial charge in [0, 0.05) is 0 Å². The molecule has 5 heteroatoms. The first kappa shape index (κ1) is 13.9. The molecular weight excluding hydrogens is 234 g/mol. The van der Waals surface area contributed by atoms with Crippen LogP contribution in [0.4, 0.5) is 0 Å². The van der Waals surface area contributed by atoms with Crippen LogP contribution in [0.1, 0.15) is 12.8 Å². The summed E-state index contributed by atoms with van der Waals surface area (Å²) < 4.78 is 8.04. The first-order chi connectivity index (χ1) is 7.11. The van der Waals surface area contributed by atoms with Gasteiger partial charge in [0.25, 0.3) is 0 Å². The molecule has 0 radical (unpaired) electrons. The maximum absolute atomic E-state index is 12.1. The Bertz CT molecular complexity index is 268. The van der Waals surface area contributed by atoms with E-state index in [9.17, 15) is 4.79 Å². The molecule has 0 aromatic heterocycles. The van der Waals surface area contributed by atoms with E-state index in [0.717, 1.165) is 19.4 Å². The van der Waals surface area contributed by atoms with Crippen LogP contribution in [0.15, 0.2) is 0 Å². The minimum Gasteiger partial charge on any atom is -0.519 e. The minimum absolute atomic E-state index is 0.0269. The van der Waals surface area contributed by atoms with Gasteiger partial charge in [-0.1, -0.05) is 19.6 Å². The molecule has 0 aliphatic carbocycles. The summed E-state index contributed by atoms with van der Waals surface area (Å²) in [6, 6.07) is 0.0402. The van der Waals surface area contributed by atoms with E-state index in [4.69, 9.17) is 4.43 Å². The average molecular weight is 259 g/mol.